The molecule has 0 aliphatic rings. The Hall–Kier alpha value is -5.46. The van der Waals surface area contributed by atoms with Gasteiger partial charge in [0.1, 0.15) is 5.58 Å². The van der Waals surface area contributed by atoms with Crippen LogP contribution in [0.1, 0.15) is 25.1 Å². The SMILES string of the molecule is Cc1cc2c(cn1)oc1c(-c3cc(CC(C)C)c([Si](C)(C)C)cn3)[c-]ccc12.[Ir].[c-]1ccccc1-c1nc2ccccc2n1-c1ccccc1-c1ccccc1. The first kappa shape index (κ1) is 38.8. The standard InChI is InChI=1S/C25H17N2.C24H27N2OSi.Ir/c1-3-11-19(12-4-1)21-15-7-9-17-23(21)27-24-18-10-8-16-22(24)26-25(27)20-13-5-2-6-14-20;1-15(2)10-17-12-21(26-14-23(17)28(4,5)6)19-9-7-8-18-20-11-16(3)25-13-22(20)27-24(18)19;/h1-13,15-18H;7-8,11-15H,10H2,1-6H3;/q2*-1;. The van der Waals surface area contributed by atoms with Crippen LogP contribution >= 0.6 is 0 Å². The van der Waals surface area contributed by atoms with Crippen molar-refractivity contribution in [1.82, 2.24) is 19.5 Å². The molecule has 0 amide bonds. The number of rotatable bonds is 7. The summed E-state index contributed by atoms with van der Waals surface area (Å²) in [4.78, 5) is 14.2. The Balaban J connectivity index is 0.000000169. The first-order valence-corrected chi connectivity index (χ1v) is 22.4. The zero-order chi connectivity index (χ0) is 38.1. The maximum absolute atomic E-state index is 6.19. The number of hydrogen-bond acceptors (Lipinski definition) is 4. The Labute approximate surface area is 343 Å². The van der Waals surface area contributed by atoms with Crippen LogP contribution in [-0.2, 0) is 26.5 Å². The molecule has 0 unspecified atom stereocenters. The Morgan fingerprint density at radius 3 is 2.27 bits per heavy atom. The Bertz CT molecular complexity index is 2770. The first-order chi connectivity index (χ1) is 26.7. The van der Waals surface area contributed by atoms with E-state index in [1.807, 2.05) is 43.3 Å². The van der Waals surface area contributed by atoms with Gasteiger partial charge in [-0.25, -0.2) is 0 Å². The molecule has 0 atom stereocenters. The normalized spacial score (nSPS) is 11.5. The summed E-state index contributed by atoms with van der Waals surface area (Å²) in [6.07, 6.45) is 4.97. The van der Waals surface area contributed by atoms with Crippen LogP contribution in [0.25, 0.3) is 72.4 Å². The van der Waals surface area contributed by atoms with E-state index in [4.69, 9.17) is 14.4 Å². The second-order valence-corrected chi connectivity index (χ2v) is 20.6. The van der Waals surface area contributed by atoms with Gasteiger partial charge in [0.15, 0.2) is 0 Å². The van der Waals surface area contributed by atoms with Crippen LogP contribution < -0.4 is 5.19 Å². The van der Waals surface area contributed by atoms with Gasteiger partial charge >= 0.3 is 0 Å². The van der Waals surface area contributed by atoms with Crippen LogP contribution in [0.5, 0.6) is 0 Å². The van der Waals surface area contributed by atoms with Crippen molar-refractivity contribution in [3.8, 4) is 39.5 Å². The maximum Gasteiger partial charge on any atom is 0.139 e. The third kappa shape index (κ3) is 7.81. The fourth-order valence-corrected chi connectivity index (χ4v) is 8.96. The van der Waals surface area contributed by atoms with Gasteiger partial charge < -0.3 is 14.0 Å². The topological polar surface area (TPSA) is 56.7 Å². The fraction of sp³-hybridized carbons (Fsp3) is 0.163. The smallest absolute Gasteiger partial charge is 0.139 e. The van der Waals surface area contributed by atoms with Crippen molar-refractivity contribution in [3.05, 3.63) is 163 Å². The molecule has 281 valence electrons. The molecule has 5 aromatic carbocycles. The van der Waals surface area contributed by atoms with Crippen molar-refractivity contribution in [3.63, 3.8) is 0 Å². The van der Waals surface area contributed by atoms with E-state index in [2.05, 4.69) is 152 Å². The van der Waals surface area contributed by atoms with Crippen molar-refractivity contribution < 1.29 is 24.5 Å². The van der Waals surface area contributed by atoms with E-state index in [0.29, 0.717) is 5.92 Å². The van der Waals surface area contributed by atoms with E-state index < -0.39 is 8.07 Å². The van der Waals surface area contributed by atoms with Crippen LogP contribution in [-0.4, -0.2) is 27.6 Å². The largest absolute Gasteiger partial charge is 0.499 e. The van der Waals surface area contributed by atoms with Gasteiger partial charge in [-0.1, -0.05) is 117 Å². The molecule has 0 spiro atoms. The molecule has 9 aromatic rings. The summed E-state index contributed by atoms with van der Waals surface area (Å²) in [6, 6.07) is 50.3. The number of furan rings is 1. The van der Waals surface area contributed by atoms with Gasteiger partial charge in [0.25, 0.3) is 0 Å². The molecule has 0 aliphatic carbocycles. The van der Waals surface area contributed by atoms with E-state index in [9.17, 15) is 0 Å². The maximum atomic E-state index is 6.19. The first-order valence-electron chi connectivity index (χ1n) is 18.9. The number of fused-ring (bicyclic) bond motifs is 4. The molecule has 0 fully saturated rings. The van der Waals surface area contributed by atoms with Crippen molar-refractivity contribution in [2.75, 3.05) is 0 Å². The molecule has 0 saturated heterocycles. The van der Waals surface area contributed by atoms with Gasteiger partial charge in [-0.2, -0.15) is 0 Å². The number of aryl methyl sites for hydroxylation is 1. The molecular weight excluding hydrogens is 881 g/mol. The molecule has 0 saturated carbocycles. The van der Waals surface area contributed by atoms with Crippen LogP contribution in [0.3, 0.4) is 0 Å². The van der Waals surface area contributed by atoms with Gasteiger partial charge in [0.05, 0.1) is 36.7 Å². The van der Waals surface area contributed by atoms with E-state index in [-0.39, 0.29) is 20.1 Å². The second kappa shape index (κ2) is 16.3. The number of benzene rings is 5. The van der Waals surface area contributed by atoms with Gasteiger partial charge in [-0.15, -0.1) is 54.1 Å². The third-order valence-electron chi connectivity index (χ3n) is 9.88. The molecule has 7 heteroatoms. The van der Waals surface area contributed by atoms with Gasteiger partial charge in [-0.3, -0.25) is 9.97 Å². The molecule has 0 aliphatic heterocycles. The summed E-state index contributed by atoms with van der Waals surface area (Å²) in [5.74, 6) is 1.51. The predicted molar refractivity (Wildman–Crippen MR) is 231 cm³/mol. The summed E-state index contributed by atoms with van der Waals surface area (Å²) in [5, 5.41) is 3.64. The average Bonchev–Trinajstić information content (AvgIpc) is 3.77. The van der Waals surface area contributed by atoms with Crippen LogP contribution in [0.4, 0.5) is 0 Å². The Morgan fingerprint density at radius 1 is 0.750 bits per heavy atom. The van der Waals surface area contributed by atoms with Gasteiger partial charge in [-0.05, 0) is 60.0 Å². The minimum Gasteiger partial charge on any atom is -0.499 e. The number of hydrogen-bond donors (Lipinski definition) is 0. The van der Waals surface area contributed by atoms with Crippen LogP contribution in [0.2, 0.25) is 19.6 Å². The van der Waals surface area contributed by atoms with E-state index >= 15 is 0 Å². The summed E-state index contributed by atoms with van der Waals surface area (Å²) in [6.45, 7) is 13.7. The molecule has 0 bridgehead atoms. The zero-order valence-corrected chi connectivity index (χ0v) is 36.0. The predicted octanol–water partition coefficient (Wildman–Crippen LogP) is 12.1. The minimum absolute atomic E-state index is 0. The van der Waals surface area contributed by atoms with Crippen LogP contribution in [0.15, 0.2) is 144 Å². The summed E-state index contributed by atoms with van der Waals surface area (Å²) < 4.78 is 8.43. The molecule has 1 radical (unpaired) electrons. The van der Waals surface area contributed by atoms with Crippen molar-refractivity contribution in [2.45, 2.75) is 46.8 Å². The molecule has 5 nitrogen and oxygen atoms in total. The van der Waals surface area contributed by atoms with E-state index in [1.165, 1.54) is 21.9 Å². The minimum atomic E-state index is -1.46. The van der Waals surface area contributed by atoms with E-state index in [1.54, 1.807) is 6.20 Å². The van der Waals surface area contributed by atoms with Gasteiger partial charge in [0, 0.05) is 48.6 Å². The zero-order valence-electron chi connectivity index (χ0n) is 32.6. The van der Waals surface area contributed by atoms with Crippen LogP contribution in [0, 0.1) is 25.0 Å². The van der Waals surface area contributed by atoms with E-state index in [0.717, 1.165) is 73.4 Å². The molecule has 56 heavy (non-hydrogen) atoms. The number of pyridine rings is 2. The summed E-state index contributed by atoms with van der Waals surface area (Å²) >= 11 is 0. The molecular formula is C49H44IrN4OSi-2. The Kier molecular flexibility index (Phi) is 11.3. The quantitative estimate of drug-likeness (QED) is 0.118. The van der Waals surface area contributed by atoms with Crippen molar-refractivity contribution in [1.29, 1.82) is 0 Å². The molecule has 4 heterocycles. The Morgan fingerprint density at radius 2 is 1.50 bits per heavy atom. The number of nitrogens with zero attached hydrogens (tertiary/aromatic N) is 4. The number of aromatic nitrogens is 4. The van der Waals surface area contributed by atoms with Gasteiger partial charge in [0.2, 0.25) is 0 Å². The second-order valence-electron chi connectivity index (χ2n) is 15.5. The molecule has 0 N–H and O–H groups in total. The average molecular weight is 925 g/mol. The van der Waals surface area contributed by atoms with Crippen molar-refractivity contribution >= 4 is 46.2 Å². The molecule has 4 aromatic heterocycles. The fourth-order valence-electron chi connectivity index (χ4n) is 7.37. The van der Waals surface area contributed by atoms with Crippen molar-refractivity contribution in [2.24, 2.45) is 5.92 Å². The monoisotopic (exact) mass is 925 g/mol. The summed E-state index contributed by atoms with van der Waals surface area (Å²) in [5.41, 5.74) is 12.5. The summed E-state index contributed by atoms with van der Waals surface area (Å²) in [7, 11) is -1.46. The third-order valence-corrected chi connectivity index (χ3v) is 11.9. The molecule has 9 rings (SSSR count). The number of imidazole rings is 1. The number of para-hydroxylation sites is 3.